The minimum Gasteiger partial charge on any atom is -0.282 e. The van der Waals surface area contributed by atoms with Gasteiger partial charge >= 0.3 is 0 Å². The molecule has 4 aromatic rings. The summed E-state index contributed by atoms with van der Waals surface area (Å²) in [5.74, 6) is 0.665. The van der Waals surface area contributed by atoms with Gasteiger partial charge in [0.1, 0.15) is 5.69 Å². The Bertz CT molecular complexity index is 838. The molecule has 0 amide bonds. The highest BCUT2D eigenvalue weighted by Gasteiger charge is 2.16. The maximum atomic E-state index is 4.57. The van der Waals surface area contributed by atoms with E-state index in [9.17, 15) is 0 Å². The number of nitrogens with zero attached hydrogens (tertiary/aromatic N) is 5. The summed E-state index contributed by atoms with van der Waals surface area (Å²) in [5, 5.41) is 23.0. The van der Waals surface area contributed by atoms with Crippen LogP contribution in [0, 0.1) is 6.92 Å². The quantitative estimate of drug-likeness (QED) is 0.615. The van der Waals surface area contributed by atoms with Crippen LogP contribution in [0.2, 0.25) is 0 Å². The van der Waals surface area contributed by atoms with Crippen LogP contribution in [0.25, 0.3) is 26.4 Å². The number of aromatic amines is 1. The fourth-order valence-corrected chi connectivity index (χ4v) is 3.44. The summed E-state index contributed by atoms with van der Waals surface area (Å²) in [6.45, 7) is 1.95. The van der Waals surface area contributed by atoms with E-state index in [1.165, 1.54) is 11.3 Å². The number of aryl methyl sites for hydroxylation is 1. The molecular weight excluding hydrogens is 280 g/mol. The zero-order chi connectivity index (χ0) is 12.8. The number of hydrogen-bond donors (Lipinski definition) is 1. The number of aromatic nitrogens is 6. The Morgan fingerprint density at radius 1 is 1.32 bits per heavy atom. The van der Waals surface area contributed by atoms with E-state index in [0.29, 0.717) is 5.82 Å². The number of fused-ring (bicyclic) bond motifs is 1. The summed E-state index contributed by atoms with van der Waals surface area (Å²) in [6, 6.07) is 6.00. The first kappa shape index (κ1) is 10.8. The molecule has 0 saturated carbocycles. The van der Waals surface area contributed by atoms with Crippen molar-refractivity contribution >= 4 is 27.6 Å². The molecule has 0 unspecified atom stereocenters. The Kier molecular flexibility index (Phi) is 2.26. The average Bonchev–Trinajstić information content (AvgIpc) is 3.11. The van der Waals surface area contributed by atoms with E-state index in [4.69, 9.17) is 0 Å². The molecule has 1 N–H and O–H groups in total. The van der Waals surface area contributed by atoms with Gasteiger partial charge in [-0.3, -0.25) is 5.10 Å². The fraction of sp³-hybridized carbons (Fsp3) is 0.0909. The maximum Gasteiger partial charge on any atom is 0.235 e. The van der Waals surface area contributed by atoms with Crippen LogP contribution >= 0.6 is 22.7 Å². The van der Waals surface area contributed by atoms with Crippen LogP contribution in [0.15, 0.2) is 23.6 Å². The van der Waals surface area contributed by atoms with Crippen molar-refractivity contribution in [1.29, 1.82) is 0 Å². The van der Waals surface area contributed by atoms with Crippen molar-refractivity contribution in [2.75, 3.05) is 0 Å². The number of nitrogens with one attached hydrogen (secondary N) is 1. The summed E-state index contributed by atoms with van der Waals surface area (Å²) in [7, 11) is 0. The number of H-pyrrole nitrogens is 1. The van der Waals surface area contributed by atoms with Crippen molar-refractivity contribution in [3.63, 3.8) is 0 Å². The van der Waals surface area contributed by atoms with E-state index in [2.05, 4.69) is 31.6 Å². The van der Waals surface area contributed by atoms with Crippen LogP contribution in [-0.4, -0.2) is 30.0 Å². The fourth-order valence-electron chi connectivity index (χ4n) is 1.81. The SMILES string of the molecule is Cc1cc(-c2nnc3sc(-c4cccs4)nn23)n[nH]1. The zero-order valence-corrected chi connectivity index (χ0v) is 11.5. The monoisotopic (exact) mass is 288 g/mol. The molecule has 0 aliphatic heterocycles. The lowest BCUT2D eigenvalue weighted by Crippen LogP contribution is -1.90. The Morgan fingerprint density at radius 3 is 3.00 bits per heavy atom. The van der Waals surface area contributed by atoms with Gasteiger partial charge in [-0.1, -0.05) is 17.4 Å². The van der Waals surface area contributed by atoms with Gasteiger partial charge in [0.25, 0.3) is 0 Å². The first-order valence-corrected chi connectivity index (χ1v) is 7.29. The lowest BCUT2D eigenvalue weighted by atomic mass is 10.3. The van der Waals surface area contributed by atoms with Crippen molar-refractivity contribution < 1.29 is 0 Å². The Labute approximate surface area is 115 Å². The molecule has 0 saturated heterocycles. The summed E-state index contributed by atoms with van der Waals surface area (Å²) < 4.78 is 1.75. The van der Waals surface area contributed by atoms with Crippen molar-refractivity contribution in [3.8, 4) is 21.4 Å². The molecule has 0 aliphatic carbocycles. The molecule has 0 radical (unpaired) electrons. The van der Waals surface area contributed by atoms with E-state index in [1.54, 1.807) is 15.9 Å². The predicted molar refractivity (Wildman–Crippen MR) is 74.3 cm³/mol. The molecule has 6 nitrogen and oxygen atoms in total. The third-order valence-electron chi connectivity index (χ3n) is 2.66. The van der Waals surface area contributed by atoms with Gasteiger partial charge in [-0.2, -0.15) is 14.7 Å². The van der Waals surface area contributed by atoms with E-state index in [1.807, 2.05) is 24.4 Å². The van der Waals surface area contributed by atoms with Crippen LogP contribution in [0.3, 0.4) is 0 Å². The minimum atomic E-state index is 0.665. The minimum absolute atomic E-state index is 0.665. The highest BCUT2D eigenvalue weighted by atomic mass is 32.1. The second-order valence-corrected chi connectivity index (χ2v) is 5.94. The molecule has 94 valence electrons. The van der Waals surface area contributed by atoms with Crippen LogP contribution in [0.1, 0.15) is 5.69 Å². The molecule has 0 spiro atoms. The van der Waals surface area contributed by atoms with Gasteiger partial charge in [-0.05, 0) is 24.4 Å². The average molecular weight is 288 g/mol. The van der Waals surface area contributed by atoms with Gasteiger partial charge < -0.3 is 0 Å². The normalized spacial score (nSPS) is 11.4. The molecule has 0 aromatic carbocycles. The molecule has 8 heteroatoms. The Hall–Kier alpha value is -2.06. The van der Waals surface area contributed by atoms with Crippen molar-refractivity contribution in [2.45, 2.75) is 6.92 Å². The Morgan fingerprint density at radius 2 is 2.26 bits per heavy atom. The first-order valence-electron chi connectivity index (χ1n) is 5.60. The Balaban J connectivity index is 1.89. The van der Waals surface area contributed by atoms with Crippen molar-refractivity contribution in [1.82, 2.24) is 30.0 Å². The van der Waals surface area contributed by atoms with Crippen LogP contribution in [-0.2, 0) is 0 Å². The van der Waals surface area contributed by atoms with E-state index in [-0.39, 0.29) is 0 Å². The van der Waals surface area contributed by atoms with E-state index >= 15 is 0 Å². The van der Waals surface area contributed by atoms with Gasteiger partial charge in [-0.25, -0.2) is 0 Å². The molecular formula is C11H8N6S2. The van der Waals surface area contributed by atoms with E-state index < -0.39 is 0 Å². The van der Waals surface area contributed by atoms with Gasteiger partial charge in [-0.15, -0.1) is 21.5 Å². The number of hydrogen-bond acceptors (Lipinski definition) is 6. The lowest BCUT2D eigenvalue weighted by Gasteiger charge is -1.89. The standard InChI is InChI=1S/C11H8N6S2/c1-6-5-7(13-12-6)9-14-15-11-17(9)16-10(19-11)8-3-2-4-18-8/h2-5H,1H3,(H,12,13). The van der Waals surface area contributed by atoms with Gasteiger partial charge in [0.05, 0.1) is 4.88 Å². The second kappa shape index (κ2) is 3.97. The van der Waals surface area contributed by atoms with Crippen molar-refractivity contribution in [3.05, 3.63) is 29.3 Å². The third kappa shape index (κ3) is 1.68. The van der Waals surface area contributed by atoms with Crippen LogP contribution in [0.5, 0.6) is 0 Å². The van der Waals surface area contributed by atoms with Gasteiger partial charge in [0.15, 0.2) is 5.01 Å². The molecule has 0 fully saturated rings. The van der Waals surface area contributed by atoms with Crippen LogP contribution in [0.4, 0.5) is 0 Å². The largest absolute Gasteiger partial charge is 0.282 e. The van der Waals surface area contributed by atoms with Crippen molar-refractivity contribution in [2.24, 2.45) is 0 Å². The molecule has 0 atom stereocenters. The predicted octanol–water partition coefficient (Wildman–Crippen LogP) is 2.61. The molecule has 19 heavy (non-hydrogen) atoms. The number of rotatable bonds is 2. The summed E-state index contributed by atoms with van der Waals surface area (Å²) >= 11 is 3.19. The maximum absolute atomic E-state index is 4.57. The summed E-state index contributed by atoms with van der Waals surface area (Å²) in [5.41, 5.74) is 1.74. The van der Waals surface area contributed by atoms with Crippen LogP contribution < -0.4 is 0 Å². The molecule has 4 heterocycles. The number of thiophene rings is 1. The highest BCUT2D eigenvalue weighted by molar-refractivity contribution is 7.23. The molecule has 0 bridgehead atoms. The molecule has 4 aromatic heterocycles. The molecule has 0 aliphatic rings. The zero-order valence-electron chi connectivity index (χ0n) is 9.86. The smallest absolute Gasteiger partial charge is 0.235 e. The topological polar surface area (TPSA) is 71.8 Å². The van der Waals surface area contributed by atoms with E-state index in [0.717, 1.165) is 26.2 Å². The highest BCUT2D eigenvalue weighted by Crippen LogP contribution is 2.30. The molecule has 4 rings (SSSR count). The van der Waals surface area contributed by atoms with Gasteiger partial charge in [0, 0.05) is 5.69 Å². The summed E-state index contributed by atoms with van der Waals surface area (Å²) in [4.78, 5) is 1.92. The van der Waals surface area contributed by atoms with Gasteiger partial charge in [0.2, 0.25) is 10.8 Å². The summed E-state index contributed by atoms with van der Waals surface area (Å²) in [6.07, 6.45) is 0. The third-order valence-corrected chi connectivity index (χ3v) is 4.60. The lowest BCUT2D eigenvalue weighted by molar-refractivity contribution is 0.953. The second-order valence-electron chi connectivity index (χ2n) is 4.04. The first-order chi connectivity index (χ1) is 9.31.